The third-order valence-electron chi connectivity index (χ3n) is 5.48. The van der Waals surface area contributed by atoms with Crippen molar-refractivity contribution in [2.24, 2.45) is 5.92 Å². The summed E-state index contributed by atoms with van der Waals surface area (Å²) in [4.78, 5) is 12.2. The van der Waals surface area contributed by atoms with Gasteiger partial charge >= 0.3 is 5.97 Å². The number of methoxy groups -OCH3 is 1. The first kappa shape index (κ1) is 22.9. The molecule has 0 aliphatic carbocycles. The fourth-order valence-electron chi connectivity index (χ4n) is 3.80. The Labute approximate surface area is 192 Å². The zero-order chi connectivity index (χ0) is 23.4. The van der Waals surface area contributed by atoms with Gasteiger partial charge in [-0.2, -0.15) is 4.31 Å². The number of nitrogens with zero attached hydrogens (tertiary/aromatic N) is 3. The minimum absolute atomic E-state index is 0.0218. The van der Waals surface area contributed by atoms with Gasteiger partial charge in [-0.15, -0.1) is 10.2 Å². The van der Waals surface area contributed by atoms with Crippen molar-refractivity contribution < 1.29 is 27.1 Å². The Morgan fingerprint density at radius 1 is 1.12 bits per heavy atom. The van der Waals surface area contributed by atoms with E-state index in [1.165, 1.54) is 17.5 Å². The van der Waals surface area contributed by atoms with E-state index < -0.39 is 15.9 Å². The van der Waals surface area contributed by atoms with Gasteiger partial charge < -0.3 is 13.9 Å². The van der Waals surface area contributed by atoms with Crippen LogP contribution >= 0.6 is 0 Å². The van der Waals surface area contributed by atoms with Gasteiger partial charge in [-0.05, 0) is 50.1 Å². The molecule has 0 N–H and O–H groups in total. The monoisotopic (exact) mass is 471 g/mol. The Kier molecular flexibility index (Phi) is 6.75. The number of sulfonamides is 1. The number of carbonyl (C=O) groups excluding carboxylic acids is 1. The first-order valence-corrected chi connectivity index (χ1v) is 12.1. The zero-order valence-electron chi connectivity index (χ0n) is 18.4. The maximum absolute atomic E-state index is 13.5. The molecule has 2 heterocycles. The van der Waals surface area contributed by atoms with E-state index in [0.29, 0.717) is 30.8 Å². The molecule has 4 rings (SSSR count). The second kappa shape index (κ2) is 9.72. The highest BCUT2D eigenvalue weighted by Crippen LogP contribution is 2.34. The molecule has 3 aromatic rings. The summed E-state index contributed by atoms with van der Waals surface area (Å²) >= 11 is 0. The van der Waals surface area contributed by atoms with Gasteiger partial charge in [0, 0.05) is 24.2 Å². The quantitative estimate of drug-likeness (QED) is 0.482. The number of aromatic nitrogens is 2. The molecule has 1 aliphatic rings. The third-order valence-corrected chi connectivity index (χ3v) is 7.36. The van der Waals surface area contributed by atoms with E-state index in [2.05, 4.69) is 10.2 Å². The third kappa shape index (κ3) is 4.76. The van der Waals surface area contributed by atoms with Crippen molar-refractivity contribution in [1.82, 2.24) is 14.5 Å². The molecule has 1 atom stereocenters. The Balaban J connectivity index is 1.66. The van der Waals surface area contributed by atoms with Crippen LogP contribution in [0, 0.1) is 5.92 Å². The number of hydrogen-bond donors (Lipinski definition) is 0. The van der Waals surface area contributed by atoms with E-state index in [1.807, 2.05) is 30.3 Å². The van der Waals surface area contributed by atoms with Gasteiger partial charge in [0.05, 0.1) is 19.6 Å². The van der Waals surface area contributed by atoms with Gasteiger partial charge in [-0.1, -0.05) is 18.2 Å². The standard InChI is InChI=1S/C23H25N3O6S/c1-3-31-23(27)18-10-7-13-26(15-18)33(28,29)20-14-17(11-12-19(20)30-2)22-25-24-21(32-22)16-8-5-4-6-9-16/h4-6,8-9,11-12,14,18H,3,7,10,13,15H2,1-2H3/t18-/m1/s1. The number of piperidine rings is 1. The molecule has 9 nitrogen and oxygen atoms in total. The minimum atomic E-state index is -3.95. The maximum Gasteiger partial charge on any atom is 0.310 e. The van der Waals surface area contributed by atoms with Crippen molar-refractivity contribution in [2.45, 2.75) is 24.7 Å². The van der Waals surface area contributed by atoms with Crippen LogP contribution in [0.5, 0.6) is 5.75 Å². The van der Waals surface area contributed by atoms with Gasteiger partial charge in [0.25, 0.3) is 0 Å². The predicted molar refractivity (Wildman–Crippen MR) is 120 cm³/mol. The molecule has 2 aromatic carbocycles. The van der Waals surface area contributed by atoms with E-state index in [4.69, 9.17) is 13.9 Å². The lowest BCUT2D eigenvalue weighted by Gasteiger charge is -2.31. The van der Waals surface area contributed by atoms with E-state index in [0.717, 1.165) is 5.56 Å². The highest BCUT2D eigenvalue weighted by Gasteiger charge is 2.35. The highest BCUT2D eigenvalue weighted by molar-refractivity contribution is 7.89. The number of hydrogen-bond acceptors (Lipinski definition) is 8. The Morgan fingerprint density at radius 2 is 1.85 bits per heavy atom. The van der Waals surface area contributed by atoms with Crippen LogP contribution < -0.4 is 4.74 Å². The van der Waals surface area contributed by atoms with Crippen LogP contribution in [0.2, 0.25) is 0 Å². The molecule has 0 spiro atoms. The number of carbonyl (C=O) groups is 1. The van der Waals surface area contributed by atoms with E-state index >= 15 is 0 Å². The molecular weight excluding hydrogens is 446 g/mol. The van der Waals surface area contributed by atoms with Gasteiger partial charge in [-0.3, -0.25) is 4.79 Å². The van der Waals surface area contributed by atoms with Crippen LogP contribution in [0.25, 0.3) is 22.9 Å². The average Bonchev–Trinajstić information content (AvgIpc) is 3.35. The predicted octanol–water partition coefficient (Wildman–Crippen LogP) is 3.38. The molecule has 33 heavy (non-hydrogen) atoms. The van der Waals surface area contributed by atoms with Crippen molar-refractivity contribution in [2.75, 3.05) is 26.8 Å². The second-order valence-electron chi connectivity index (χ2n) is 7.60. The first-order valence-electron chi connectivity index (χ1n) is 10.7. The Morgan fingerprint density at radius 3 is 2.55 bits per heavy atom. The summed E-state index contributed by atoms with van der Waals surface area (Å²) in [6.45, 7) is 2.36. The molecule has 0 radical (unpaired) electrons. The average molecular weight is 472 g/mol. The molecule has 1 fully saturated rings. The van der Waals surface area contributed by atoms with Crippen molar-refractivity contribution in [1.29, 1.82) is 0 Å². The summed E-state index contributed by atoms with van der Waals surface area (Å²) in [6, 6.07) is 14.0. The number of esters is 1. The molecule has 1 aromatic heterocycles. The number of benzene rings is 2. The molecule has 0 amide bonds. The van der Waals surface area contributed by atoms with Gasteiger partial charge in [-0.25, -0.2) is 8.42 Å². The summed E-state index contributed by atoms with van der Waals surface area (Å²) in [5.74, 6) is -0.153. The lowest BCUT2D eigenvalue weighted by molar-refractivity contribution is -0.149. The number of ether oxygens (including phenoxy) is 2. The molecule has 0 saturated carbocycles. The number of rotatable bonds is 7. The van der Waals surface area contributed by atoms with E-state index in [1.54, 1.807) is 19.1 Å². The fraction of sp³-hybridized carbons (Fsp3) is 0.348. The fourth-order valence-corrected chi connectivity index (χ4v) is 5.51. The van der Waals surface area contributed by atoms with Crippen molar-refractivity contribution in [3.05, 3.63) is 48.5 Å². The topological polar surface area (TPSA) is 112 Å². The van der Waals surface area contributed by atoms with Crippen molar-refractivity contribution >= 4 is 16.0 Å². The molecule has 10 heteroatoms. The van der Waals surface area contributed by atoms with Gasteiger partial charge in [0.1, 0.15) is 10.6 Å². The minimum Gasteiger partial charge on any atom is -0.495 e. The van der Waals surface area contributed by atoms with Crippen LogP contribution in [0.4, 0.5) is 0 Å². The molecular formula is C23H25N3O6S. The molecule has 0 unspecified atom stereocenters. The molecule has 174 valence electrons. The SMILES string of the molecule is CCOC(=O)[C@@H]1CCCN(S(=O)(=O)c2cc(-c3nnc(-c4ccccc4)o3)ccc2OC)C1. The summed E-state index contributed by atoms with van der Waals surface area (Å²) in [6.07, 6.45) is 1.15. The van der Waals surface area contributed by atoms with Gasteiger partial charge in [0.2, 0.25) is 21.8 Å². The van der Waals surface area contributed by atoms with Gasteiger partial charge in [0.15, 0.2) is 0 Å². The largest absolute Gasteiger partial charge is 0.495 e. The van der Waals surface area contributed by atoms with E-state index in [-0.39, 0.29) is 35.7 Å². The summed E-state index contributed by atoms with van der Waals surface area (Å²) in [7, 11) is -2.54. The zero-order valence-corrected chi connectivity index (χ0v) is 19.2. The maximum atomic E-state index is 13.5. The van der Waals surface area contributed by atoms with Crippen LogP contribution in [-0.4, -0.2) is 55.7 Å². The van der Waals surface area contributed by atoms with Crippen LogP contribution in [0.1, 0.15) is 19.8 Å². The molecule has 1 saturated heterocycles. The summed E-state index contributed by atoms with van der Waals surface area (Å²) in [5, 5.41) is 8.16. The molecule has 0 bridgehead atoms. The van der Waals surface area contributed by atoms with Crippen LogP contribution in [0.15, 0.2) is 57.8 Å². The highest BCUT2D eigenvalue weighted by atomic mass is 32.2. The van der Waals surface area contributed by atoms with Crippen molar-refractivity contribution in [3.8, 4) is 28.7 Å². The lowest BCUT2D eigenvalue weighted by Crippen LogP contribution is -2.42. The second-order valence-corrected chi connectivity index (χ2v) is 9.50. The van der Waals surface area contributed by atoms with Crippen LogP contribution in [-0.2, 0) is 19.6 Å². The smallest absolute Gasteiger partial charge is 0.310 e. The van der Waals surface area contributed by atoms with Crippen LogP contribution in [0.3, 0.4) is 0 Å². The summed E-state index contributed by atoms with van der Waals surface area (Å²) < 4.78 is 44.6. The van der Waals surface area contributed by atoms with Crippen molar-refractivity contribution in [3.63, 3.8) is 0 Å². The lowest BCUT2D eigenvalue weighted by atomic mass is 10.0. The normalized spacial score (nSPS) is 17.0. The van der Waals surface area contributed by atoms with E-state index in [9.17, 15) is 13.2 Å². The summed E-state index contributed by atoms with van der Waals surface area (Å²) in [5.41, 5.74) is 1.21. The Bertz CT molecular complexity index is 1230. The molecule has 1 aliphatic heterocycles. The first-order chi connectivity index (χ1) is 15.9. The Hall–Kier alpha value is -3.24.